The normalized spacial score (nSPS) is 9.61. The molecule has 5 nitrogen and oxygen atoms in total. The Balaban J connectivity index is 2.97. The molecule has 0 heterocycles. The summed E-state index contributed by atoms with van der Waals surface area (Å²) in [4.78, 5) is 23.4. The van der Waals surface area contributed by atoms with E-state index in [4.69, 9.17) is 21.4 Å². The summed E-state index contributed by atoms with van der Waals surface area (Å²) in [7, 11) is 0. The Labute approximate surface area is 109 Å². The van der Waals surface area contributed by atoms with Crippen molar-refractivity contribution in [3.63, 3.8) is 0 Å². The molecule has 0 bridgehead atoms. The number of halogens is 1. The van der Waals surface area contributed by atoms with Crippen molar-refractivity contribution >= 4 is 29.4 Å². The summed E-state index contributed by atoms with van der Waals surface area (Å²) in [6.45, 7) is 2.88. The van der Waals surface area contributed by atoms with Crippen LogP contribution in [0.5, 0.6) is 0 Å². The van der Waals surface area contributed by atoms with Crippen molar-refractivity contribution in [2.45, 2.75) is 0 Å². The number of carboxylic acid groups (broad SMARTS) is 1. The zero-order valence-corrected chi connectivity index (χ0v) is 10.3. The van der Waals surface area contributed by atoms with Gasteiger partial charge in [0.15, 0.2) is 0 Å². The van der Waals surface area contributed by atoms with E-state index in [1.165, 1.54) is 6.08 Å². The Kier molecular flexibility index (Phi) is 5.20. The summed E-state index contributed by atoms with van der Waals surface area (Å²) >= 11 is 5.92. The molecule has 96 valence electrons. The van der Waals surface area contributed by atoms with Crippen molar-refractivity contribution in [3.05, 3.63) is 41.9 Å². The van der Waals surface area contributed by atoms with Crippen molar-refractivity contribution in [3.8, 4) is 0 Å². The Hall–Kier alpha value is -2.01. The summed E-state index contributed by atoms with van der Waals surface area (Å²) in [5, 5.41) is 9.07. The maximum atomic E-state index is 11.7. The summed E-state index contributed by atoms with van der Waals surface area (Å²) in [5.74, 6) is -1.16. The van der Waals surface area contributed by atoms with Gasteiger partial charge in [0.25, 0.3) is 0 Å². The van der Waals surface area contributed by atoms with Gasteiger partial charge in [-0.25, -0.2) is 4.79 Å². The fourth-order valence-corrected chi connectivity index (χ4v) is 1.50. The van der Waals surface area contributed by atoms with Crippen LogP contribution in [0.2, 0.25) is 5.02 Å². The average Bonchev–Trinajstić information content (AvgIpc) is 2.34. The fourth-order valence-electron chi connectivity index (χ4n) is 1.26. The van der Waals surface area contributed by atoms with Crippen LogP contribution in [0.25, 0.3) is 0 Å². The highest BCUT2D eigenvalue weighted by atomic mass is 35.5. The SMILES string of the molecule is C=CCOC(=O)N(CC(=O)O)c1ccccc1Cl. The second kappa shape index (κ2) is 6.66. The van der Waals surface area contributed by atoms with Gasteiger partial charge >= 0.3 is 12.1 Å². The zero-order chi connectivity index (χ0) is 13.5. The molecular weight excluding hydrogens is 258 g/mol. The lowest BCUT2D eigenvalue weighted by Crippen LogP contribution is -2.36. The summed E-state index contributed by atoms with van der Waals surface area (Å²) in [6.07, 6.45) is 0.606. The zero-order valence-electron chi connectivity index (χ0n) is 9.51. The van der Waals surface area contributed by atoms with Crippen LogP contribution in [0.3, 0.4) is 0 Å². The largest absolute Gasteiger partial charge is 0.480 e. The van der Waals surface area contributed by atoms with Crippen LogP contribution in [-0.4, -0.2) is 30.3 Å². The van der Waals surface area contributed by atoms with Gasteiger partial charge in [-0.05, 0) is 12.1 Å². The van der Waals surface area contributed by atoms with Gasteiger partial charge in [-0.1, -0.05) is 36.4 Å². The first-order chi connectivity index (χ1) is 8.56. The molecule has 0 fully saturated rings. The predicted octanol–water partition coefficient (Wildman–Crippen LogP) is 2.55. The van der Waals surface area contributed by atoms with E-state index in [0.717, 1.165) is 4.90 Å². The van der Waals surface area contributed by atoms with Crippen molar-refractivity contribution in [1.82, 2.24) is 0 Å². The molecule has 1 aromatic rings. The molecular formula is C12H12ClNO4. The highest BCUT2D eigenvalue weighted by Crippen LogP contribution is 2.25. The molecule has 0 aliphatic heterocycles. The monoisotopic (exact) mass is 269 g/mol. The minimum atomic E-state index is -1.16. The first-order valence-electron chi connectivity index (χ1n) is 5.07. The number of hydrogen-bond donors (Lipinski definition) is 1. The topological polar surface area (TPSA) is 66.8 Å². The summed E-state index contributed by atoms with van der Waals surface area (Å²) in [6, 6.07) is 6.43. The van der Waals surface area contributed by atoms with E-state index >= 15 is 0 Å². The lowest BCUT2D eigenvalue weighted by molar-refractivity contribution is -0.135. The van der Waals surface area contributed by atoms with E-state index in [-0.39, 0.29) is 17.3 Å². The van der Waals surface area contributed by atoms with E-state index in [0.29, 0.717) is 0 Å². The van der Waals surface area contributed by atoms with Crippen LogP contribution in [-0.2, 0) is 9.53 Å². The van der Waals surface area contributed by atoms with Crippen LogP contribution >= 0.6 is 11.6 Å². The van der Waals surface area contributed by atoms with Crippen molar-refractivity contribution in [2.75, 3.05) is 18.1 Å². The number of hydrogen-bond acceptors (Lipinski definition) is 3. The van der Waals surface area contributed by atoms with E-state index in [9.17, 15) is 9.59 Å². The Morgan fingerprint density at radius 3 is 2.67 bits per heavy atom. The molecule has 1 amide bonds. The first kappa shape index (κ1) is 14.1. The van der Waals surface area contributed by atoms with Crippen LogP contribution in [0.15, 0.2) is 36.9 Å². The van der Waals surface area contributed by atoms with E-state index in [2.05, 4.69) is 6.58 Å². The standard InChI is InChI=1S/C12H12ClNO4/c1-2-7-18-12(17)14(8-11(15)16)10-6-4-3-5-9(10)13/h2-6H,1,7-8H2,(H,15,16). The molecule has 6 heteroatoms. The second-order valence-electron chi connectivity index (χ2n) is 3.30. The number of carbonyl (C=O) groups excluding carboxylic acids is 1. The number of aliphatic carboxylic acids is 1. The third-order valence-electron chi connectivity index (χ3n) is 1.98. The lowest BCUT2D eigenvalue weighted by atomic mass is 10.3. The van der Waals surface area contributed by atoms with Crippen molar-refractivity contribution < 1.29 is 19.4 Å². The Morgan fingerprint density at radius 2 is 2.11 bits per heavy atom. The van der Waals surface area contributed by atoms with Crippen molar-refractivity contribution in [2.24, 2.45) is 0 Å². The number of benzene rings is 1. The molecule has 1 N–H and O–H groups in total. The number of carbonyl (C=O) groups is 2. The summed E-state index contributed by atoms with van der Waals surface area (Å²) in [5.41, 5.74) is 0.288. The summed E-state index contributed by atoms with van der Waals surface area (Å²) < 4.78 is 4.81. The Morgan fingerprint density at radius 1 is 1.44 bits per heavy atom. The number of ether oxygens (including phenoxy) is 1. The maximum absolute atomic E-state index is 11.7. The van der Waals surface area contributed by atoms with Gasteiger partial charge in [-0.15, -0.1) is 0 Å². The van der Waals surface area contributed by atoms with Gasteiger partial charge in [0.05, 0.1) is 10.7 Å². The molecule has 1 rings (SSSR count). The molecule has 0 saturated heterocycles. The maximum Gasteiger partial charge on any atom is 0.415 e. The molecule has 0 radical (unpaired) electrons. The molecule has 0 aliphatic carbocycles. The van der Waals surface area contributed by atoms with Crippen molar-refractivity contribution in [1.29, 1.82) is 0 Å². The third kappa shape index (κ3) is 3.78. The highest BCUT2D eigenvalue weighted by Gasteiger charge is 2.21. The average molecular weight is 270 g/mol. The molecule has 0 saturated carbocycles. The van der Waals surface area contributed by atoms with Crippen LogP contribution in [0, 0.1) is 0 Å². The first-order valence-corrected chi connectivity index (χ1v) is 5.45. The number of anilines is 1. The number of para-hydroxylation sites is 1. The number of carboxylic acids is 1. The van der Waals surface area contributed by atoms with Gasteiger partial charge in [0.2, 0.25) is 0 Å². The fraction of sp³-hybridized carbons (Fsp3) is 0.167. The van der Waals surface area contributed by atoms with Gasteiger partial charge in [-0.2, -0.15) is 0 Å². The highest BCUT2D eigenvalue weighted by molar-refractivity contribution is 6.33. The smallest absolute Gasteiger partial charge is 0.415 e. The van der Waals surface area contributed by atoms with Crippen LogP contribution in [0.1, 0.15) is 0 Å². The van der Waals surface area contributed by atoms with Gasteiger partial charge < -0.3 is 9.84 Å². The van der Waals surface area contributed by atoms with Crippen LogP contribution in [0.4, 0.5) is 10.5 Å². The quantitative estimate of drug-likeness (QED) is 0.834. The van der Waals surface area contributed by atoms with Gasteiger partial charge in [-0.3, -0.25) is 9.69 Å². The minimum absolute atomic E-state index is 0.000590. The molecule has 0 spiro atoms. The minimum Gasteiger partial charge on any atom is -0.480 e. The number of amides is 1. The number of rotatable bonds is 5. The molecule has 0 unspecified atom stereocenters. The van der Waals surface area contributed by atoms with E-state index in [1.54, 1.807) is 24.3 Å². The lowest BCUT2D eigenvalue weighted by Gasteiger charge is -2.20. The molecule has 0 atom stereocenters. The molecule has 1 aromatic carbocycles. The van der Waals surface area contributed by atoms with Gasteiger partial charge in [0.1, 0.15) is 13.2 Å². The Bertz CT molecular complexity index is 461. The molecule has 0 aliphatic rings. The van der Waals surface area contributed by atoms with E-state index in [1.807, 2.05) is 0 Å². The molecule has 0 aromatic heterocycles. The molecule has 18 heavy (non-hydrogen) atoms. The van der Waals surface area contributed by atoms with E-state index < -0.39 is 18.6 Å². The van der Waals surface area contributed by atoms with Gasteiger partial charge in [0, 0.05) is 0 Å². The number of nitrogens with zero attached hydrogens (tertiary/aromatic N) is 1. The van der Waals surface area contributed by atoms with Crippen LogP contribution < -0.4 is 4.90 Å². The second-order valence-corrected chi connectivity index (χ2v) is 3.70. The predicted molar refractivity (Wildman–Crippen MR) is 68.0 cm³/mol. The third-order valence-corrected chi connectivity index (χ3v) is 2.30.